The minimum atomic E-state index is -0.0573. The Morgan fingerprint density at radius 2 is 1.61 bits per heavy atom. The number of carbonyl (C=O) groups is 2. The highest BCUT2D eigenvalue weighted by atomic mass is 35.5. The molecule has 0 spiro atoms. The minimum absolute atomic E-state index is 0.0573. The molecule has 0 aliphatic carbocycles. The smallest absolute Gasteiger partial charge is 0.228 e. The number of nitrogens with zero attached hydrogens (tertiary/aromatic N) is 2. The van der Waals surface area contributed by atoms with Crippen molar-refractivity contribution in [3.63, 3.8) is 0 Å². The van der Waals surface area contributed by atoms with Crippen LogP contribution in [0.25, 0.3) is 0 Å². The first-order valence-corrected chi connectivity index (χ1v) is 10.1. The fraction of sp³-hybridized carbons (Fsp3) is 0.364. The summed E-state index contributed by atoms with van der Waals surface area (Å²) >= 11 is 5.87. The van der Waals surface area contributed by atoms with Crippen LogP contribution >= 0.6 is 11.6 Å². The molecule has 0 saturated carbocycles. The first-order chi connectivity index (χ1) is 13.5. The van der Waals surface area contributed by atoms with Crippen molar-refractivity contribution in [2.75, 3.05) is 36.4 Å². The van der Waals surface area contributed by atoms with Gasteiger partial charge in [-0.3, -0.25) is 9.59 Å². The molecule has 1 aliphatic heterocycles. The molecule has 2 aromatic rings. The molecule has 0 bridgehead atoms. The number of anilines is 2. The Kier molecular flexibility index (Phi) is 6.93. The number of hydrogen-bond donors (Lipinski definition) is 1. The van der Waals surface area contributed by atoms with Gasteiger partial charge in [0.2, 0.25) is 11.8 Å². The molecule has 3 rings (SSSR count). The third-order valence-electron chi connectivity index (χ3n) is 4.89. The quantitative estimate of drug-likeness (QED) is 0.799. The number of rotatable bonds is 6. The van der Waals surface area contributed by atoms with Gasteiger partial charge in [-0.05, 0) is 48.4 Å². The lowest BCUT2D eigenvalue weighted by Gasteiger charge is -2.36. The van der Waals surface area contributed by atoms with Crippen LogP contribution in [0.15, 0.2) is 48.5 Å². The van der Waals surface area contributed by atoms with Gasteiger partial charge in [0.25, 0.3) is 0 Å². The zero-order chi connectivity index (χ0) is 19.9. The van der Waals surface area contributed by atoms with E-state index in [1.54, 1.807) is 12.1 Å². The summed E-state index contributed by atoms with van der Waals surface area (Å²) < 4.78 is 0. The summed E-state index contributed by atoms with van der Waals surface area (Å²) in [5.74, 6) is 0.194. The van der Waals surface area contributed by atoms with Crippen LogP contribution in [-0.4, -0.2) is 42.9 Å². The second-order valence-electron chi connectivity index (χ2n) is 7.02. The van der Waals surface area contributed by atoms with Crippen molar-refractivity contribution >= 4 is 34.8 Å². The van der Waals surface area contributed by atoms with Gasteiger partial charge in [-0.25, -0.2) is 0 Å². The van der Waals surface area contributed by atoms with Crippen LogP contribution in [0.1, 0.15) is 25.3 Å². The van der Waals surface area contributed by atoms with Crippen LogP contribution in [0, 0.1) is 0 Å². The molecular weight excluding hydrogens is 374 g/mol. The highest BCUT2D eigenvalue weighted by molar-refractivity contribution is 6.30. The van der Waals surface area contributed by atoms with Crippen molar-refractivity contribution in [1.82, 2.24) is 4.90 Å². The maximum absolute atomic E-state index is 12.2. The van der Waals surface area contributed by atoms with E-state index in [0.29, 0.717) is 17.9 Å². The maximum atomic E-state index is 12.2. The second-order valence-corrected chi connectivity index (χ2v) is 7.45. The van der Waals surface area contributed by atoms with E-state index in [-0.39, 0.29) is 11.8 Å². The third kappa shape index (κ3) is 5.49. The van der Waals surface area contributed by atoms with Crippen LogP contribution in [0.2, 0.25) is 5.02 Å². The molecule has 1 fully saturated rings. The van der Waals surface area contributed by atoms with Crippen molar-refractivity contribution in [2.24, 2.45) is 0 Å². The van der Waals surface area contributed by atoms with Crippen molar-refractivity contribution in [2.45, 2.75) is 26.2 Å². The molecule has 5 nitrogen and oxygen atoms in total. The molecule has 2 aromatic carbocycles. The highest BCUT2D eigenvalue weighted by Gasteiger charge is 2.20. The van der Waals surface area contributed by atoms with Gasteiger partial charge in [0.05, 0.1) is 6.42 Å². The number of hydrogen-bond acceptors (Lipinski definition) is 3. The van der Waals surface area contributed by atoms with Gasteiger partial charge in [0.1, 0.15) is 0 Å². The molecule has 0 radical (unpaired) electrons. The average Bonchev–Trinajstić information content (AvgIpc) is 2.71. The Bertz CT molecular complexity index is 798. The minimum Gasteiger partial charge on any atom is -0.368 e. The summed E-state index contributed by atoms with van der Waals surface area (Å²) in [5, 5.41) is 3.59. The van der Waals surface area contributed by atoms with E-state index >= 15 is 0 Å². The van der Waals surface area contributed by atoms with Gasteiger partial charge in [-0.2, -0.15) is 0 Å². The van der Waals surface area contributed by atoms with E-state index < -0.39 is 0 Å². The topological polar surface area (TPSA) is 52.7 Å². The fourth-order valence-electron chi connectivity index (χ4n) is 3.33. The van der Waals surface area contributed by atoms with Gasteiger partial charge in [-0.1, -0.05) is 30.7 Å². The van der Waals surface area contributed by atoms with Crippen molar-refractivity contribution in [1.29, 1.82) is 0 Å². The SMILES string of the molecule is CCCC(=O)N1CCN(c2ccc(NC(=O)Cc3ccc(Cl)cc3)cc2)CC1. The largest absolute Gasteiger partial charge is 0.368 e. The van der Waals surface area contributed by atoms with Gasteiger partial charge < -0.3 is 15.1 Å². The number of carbonyl (C=O) groups excluding carboxylic acids is 2. The molecule has 148 valence electrons. The average molecular weight is 400 g/mol. The van der Waals surface area contributed by atoms with Crippen molar-refractivity contribution in [3.8, 4) is 0 Å². The zero-order valence-electron chi connectivity index (χ0n) is 16.2. The lowest BCUT2D eigenvalue weighted by Crippen LogP contribution is -2.48. The van der Waals surface area contributed by atoms with Crippen LogP contribution in [0.4, 0.5) is 11.4 Å². The molecular formula is C22H26ClN3O2. The maximum Gasteiger partial charge on any atom is 0.228 e. The molecule has 1 saturated heterocycles. The van der Waals surface area contributed by atoms with Crippen molar-refractivity contribution in [3.05, 3.63) is 59.1 Å². The van der Waals surface area contributed by atoms with Crippen LogP contribution in [0.3, 0.4) is 0 Å². The summed E-state index contributed by atoms with van der Waals surface area (Å²) in [6.45, 7) is 5.22. The van der Waals surface area contributed by atoms with E-state index in [1.165, 1.54) is 0 Å². The summed E-state index contributed by atoms with van der Waals surface area (Å²) in [6.07, 6.45) is 1.83. The van der Waals surface area contributed by atoms with E-state index in [9.17, 15) is 9.59 Å². The predicted octanol–water partition coefficient (Wildman–Crippen LogP) is 3.97. The van der Waals surface area contributed by atoms with E-state index in [2.05, 4.69) is 10.2 Å². The molecule has 2 amide bonds. The van der Waals surface area contributed by atoms with E-state index in [1.807, 2.05) is 48.2 Å². The summed E-state index contributed by atoms with van der Waals surface area (Å²) in [6, 6.07) is 15.2. The molecule has 0 unspecified atom stereocenters. The summed E-state index contributed by atoms with van der Waals surface area (Å²) in [7, 11) is 0. The Morgan fingerprint density at radius 3 is 2.21 bits per heavy atom. The standard InChI is InChI=1S/C22H26ClN3O2/c1-2-3-22(28)26-14-12-25(13-15-26)20-10-8-19(9-11-20)24-21(27)16-17-4-6-18(23)7-5-17/h4-11H,2-3,12-16H2,1H3,(H,24,27). The van der Waals surface area contributed by atoms with Crippen LogP contribution < -0.4 is 10.2 Å². The monoisotopic (exact) mass is 399 g/mol. The van der Waals surface area contributed by atoms with Gasteiger partial charge in [0, 0.05) is 49.0 Å². The summed E-state index contributed by atoms with van der Waals surface area (Å²) in [5.41, 5.74) is 2.81. The van der Waals surface area contributed by atoms with Gasteiger partial charge in [-0.15, -0.1) is 0 Å². The van der Waals surface area contributed by atoms with Gasteiger partial charge >= 0.3 is 0 Å². The lowest BCUT2D eigenvalue weighted by atomic mass is 10.1. The predicted molar refractivity (Wildman–Crippen MR) is 114 cm³/mol. The van der Waals surface area contributed by atoms with Crippen LogP contribution in [-0.2, 0) is 16.0 Å². The molecule has 1 aliphatic rings. The zero-order valence-corrected chi connectivity index (χ0v) is 16.9. The number of amides is 2. The first-order valence-electron chi connectivity index (χ1n) is 9.72. The van der Waals surface area contributed by atoms with E-state index in [4.69, 9.17) is 11.6 Å². The fourth-order valence-corrected chi connectivity index (χ4v) is 3.46. The second kappa shape index (κ2) is 9.60. The number of benzene rings is 2. The number of halogens is 1. The molecule has 6 heteroatoms. The highest BCUT2D eigenvalue weighted by Crippen LogP contribution is 2.20. The lowest BCUT2D eigenvalue weighted by molar-refractivity contribution is -0.131. The van der Waals surface area contributed by atoms with E-state index in [0.717, 1.165) is 49.5 Å². The van der Waals surface area contributed by atoms with Crippen molar-refractivity contribution < 1.29 is 9.59 Å². The molecule has 1 heterocycles. The molecule has 28 heavy (non-hydrogen) atoms. The summed E-state index contributed by atoms with van der Waals surface area (Å²) in [4.78, 5) is 28.4. The Morgan fingerprint density at radius 1 is 0.964 bits per heavy atom. The molecule has 0 aromatic heterocycles. The Labute approximate surface area is 171 Å². The van der Waals surface area contributed by atoms with Crippen LogP contribution in [0.5, 0.6) is 0 Å². The first kappa shape index (κ1) is 20.2. The molecule has 0 atom stereocenters. The Hall–Kier alpha value is -2.53. The number of nitrogens with one attached hydrogen (secondary N) is 1. The Balaban J connectivity index is 1.50. The third-order valence-corrected chi connectivity index (χ3v) is 5.14. The molecule has 1 N–H and O–H groups in total. The van der Waals surface area contributed by atoms with Gasteiger partial charge in [0.15, 0.2) is 0 Å². The number of piperazine rings is 1. The normalized spacial score (nSPS) is 14.1.